The fourth-order valence-electron chi connectivity index (χ4n) is 1.52. The molecule has 2 nitrogen and oxygen atoms in total. The van der Waals surface area contributed by atoms with Gasteiger partial charge >= 0.3 is 0 Å². The van der Waals surface area contributed by atoms with Crippen molar-refractivity contribution >= 4 is 15.9 Å². The van der Waals surface area contributed by atoms with Gasteiger partial charge in [0.15, 0.2) is 0 Å². The third kappa shape index (κ3) is 5.28. The summed E-state index contributed by atoms with van der Waals surface area (Å²) in [6.07, 6.45) is 2.89. The maximum atomic E-state index is 4.31. The summed E-state index contributed by atoms with van der Waals surface area (Å²) in [6, 6.07) is 6.09. The second-order valence-electron chi connectivity index (χ2n) is 4.09. The van der Waals surface area contributed by atoms with Crippen LogP contribution < -0.4 is 0 Å². The number of hydrogen-bond donors (Lipinski definition) is 0. The van der Waals surface area contributed by atoms with Crippen LogP contribution in [0.2, 0.25) is 0 Å². The summed E-state index contributed by atoms with van der Waals surface area (Å²) in [5.41, 5.74) is 1.18. The van der Waals surface area contributed by atoms with Gasteiger partial charge in [0.25, 0.3) is 0 Å². The standard InChI is InChI=1S/C12H19BrN2/c1-11(9-13)10-15(2)8-6-12-5-3-4-7-14-12/h3-5,7,11H,6,8-10H2,1-2H3. The quantitative estimate of drug-likeness (QED) is 0.739. The van der Waals surface area contributed by atoms with Gasteiger partial charge < -0.3 is 4.90 Å². The van der Waals surface area contributed by atoms with Crippen LogP contribution >= 0.6 is 15.9 Å². The smallest absolute Gasteiger partial charge is 0.0416 e. The van der Waals surface area contributed by atoms with Crippen LogP contribution in [0.5, 0.6) is 0 Å². The molecule has 0 fully saturated rings. The maximum absolute atomic E-state index is 4.31. The minimum Gasteiger partial charge on any atom is -0.306 e. The monoisotopic (exact) mass is 270 g/mol. The van der Waals surface area contributed by atoms with E-state index in [1.54, 1.807) is 0 Å². The molecule has 3 heteroatoms. The highest BCUT2D eigenvalue weighted by atomic mass is 79.9. The van der Waals surface area contributed by atoms with Gasteiger partial charge in [-0.15, -0.1) is 0 Å². The third-order valence-corrected chi connectivity index (χ3v) is 3.47. The zero-order valence-electron chi connectivity index (χ0n) is 9.49. The van der Waals surface area contributed by atoms with E-state index in [1.807, 2.05) is 18.3 Å². The van der Waals surface area contributed by atoms with Crippen LogP contribution in [0, 0.1) is 5.92 Å². The van der Waals surface area contributed by atoms with Gasteiger partial charge in [0, 0.05) is 36.7 Å². The van der Waals surface area contributed by atoms with Crippen LogP contribution in [0.3, 0.4) is 0 Å². The van der Waals surface area contributed by atoms with Crippen molar-refractivity contribution in [1.82, 2.24) is 9.88 Å². The molecule has 1 heterocycles. The lowest BCUT2D eigenvalue weighted by Crippen LogP contribution is -2.27. The summed E-state index contributed by atoms with van der Waals surface area (Å²) in [5.74, 6) is 0.707. The molecule has 0 aliphatic rings. The number of alkyl halides is 1. The Bertz CT molecular complexity index is 264. The molecular formula is C12H19BrN2. The first-order valence-electron chi connectivity index (χ1n) is 5.36. The highest BCUT2D eigenvalue weighted by Crippen LogP contribution is 2.03. The summed E-state index contributed by atoms with van der Waals surface area (Å²) in [6.45, 7) is 4.47. The minimum atomic E-state index is 0.707. The van der Waals surface area contributed by atoms with Crippen LogP contribution in [0.1, 0.15) is 12.6 Å². The molecule has 1 atom stereocenters. The van der Waals surface area contributed by atoms with E-state index in [2.05, 4.69) is 45.9 Å². The number of nitrogens with zero attached hydrogens (tertiary/aromatic N) is 2. The van der Waals surface area contributed by atoms with Crippen LogP contribution in [0.25, 0.3) is 0 Å². The molecular weight excluding hydrogens is 252 g/mol. The lowest BCUT2D eigenvalue weighted by Gasteiger charge is -2.19. The molecule has 1 rings (SSSR count). The Morgan fingerprint density at radius 3 is 2.87 bits per heavy atom. The van der Waals surface area contributed by atoms with Crippen molar-refractivity contribution in [2.75, 3.05) is 25.5 Å². The SMILES string of the molecule is CC(CBr)CN(C)CCc1ccccn1. The zero-order valence-corrected chi connectivity index (χ0v) is 11.1. The molecule has 0 aliphatic carbocycles. The Hall–Kier alpha value is -0.410. The van der Waals surface area contributed by atoms with Gasteiger partial charge in [-0.1, -0.05) is 28.9 Å². The molecule has 0 saturated heterocycles. The lowest BCUT2D eigenvalue weighted by atomic mass is 10.2. The number of aromatic nitrogens is 1. The second kappa shape index (κ2) is 6.96. The van der Waals surface area contributed by atoms with E-state index in [9.17, 15) is 0 Å². The predicted molar refractivity (Wildman–Crippen MR) is 68.4 cm³/mol. The molecule has 1 unspecified atom stereocenters. The van der Waals surface area contributed by atoms with Gasteiger partial charge in [0.1, 0.15) is 0 Å². The van der Waals surface area contributed by atoms with Crippen molar-refractivity contribution in [3.8, 4) is 0 Å². The van der Waals surface area contributed by atoms with E-state index in [4.69, 9.17) is 0 Å². The van der Waals surface area contributed by atoms with Gasteiger partial charge in [0.05, 0.1) is 0 Å². The van der Waals surface area contributed by atoms with E-state index in [0.29, 0.717) is 5.92 Å². The molecule has 0 radical (unpaired) electrons. The fraction of sp³-hybridized carbons (Fsp3) is 0.583. The van der Waals surface area contributed by atoms with E-state index in [-0.39, 0.29) is 0 Å². The Kier molecular flexibility index (Phi) is 5.88. The normalized spacial score (nSPS) is 13.1. The molecule has 0 bridgehead atoms. The number of hydrogen-bond acceptors (Lipinski definition) is 2. The summed E-state index contributed by atoms with van der Waals surface area (Å²) in [5, 5.41) is 1.07. The van der Waals surface area contributed by atoms with Crippen molar-refractivity contribution in [2.24, 2.45) is 5.92 Å². The molecule has 1 aromatic heterocycles. The van der Waals surface area contributed by atoms with Crippen LogP contribution in [0.4, 0.5) is 0 Å². The van der Waals surface area contributed by atoms with Crippen LogP contribution in [-0.2, 0) is 6.42 Å². The molecule has 0 N–H and O–H groups in total. The third-order valence-electron chi connectivity index (χ3n) is 2.36. The minimum absolute atomic E-state index is 0.707. The Balaban J connectivity index is 2.25. The van der Waals surface area contributed by atoms with Crippen molar-refractivity contribution < 1.29 is 0 Å². The van der Waals surface area contributed by atoms with E-state index >= 15 is 0 Å². The highest BCUT2D eigenvalue weighted by Gasteiger charge is 2.05. The van der Waals surface area contributed by atoms with E-state index in [1.165, 1.54) is 5.69 Å². The molecule has 0 spiro atoms. The first kappa shape index (κ1) is 12.7. The molecule has 0 saturated carbocycles. The Morgan fingerprint density at radius 1 is 1.47 bits per heavy atom. The van der Waals surface area contributed by atoms with Gasteiger partial charge in [-0.05, 0) is 25.1 Å². The van der Waals surface area contributed by atoms with E-state index < -0.39 is 0 Å². The number of pyridine rings is 1. The Morgan fingerprint density at radius 2 is 2.27 bits per heavy atom. The molecule has 1 aromatic rings. The Labute approximate surface area is 101 Å². The lowest BCUT2D eigenvalue weighted by molar-refractivity contribution is 0.301. The van der Waals surface area contributed by atoms with E-state index in [0.717, 1.165) is 24.8 Å². The number of rotatable bonds is 6. The van der Waals surface area contributed by atoms with Crippen molar-refractivity contribution in [2.45, 2.75) is 13.3 Å². The molecule has 0 aromatic carbocycles. The number of likely N-dealkylation sites (N-methyl/N-ethyl adjacent to an activating group) is 1. The summed E-state index contributed by atoms with van der Waals surface area (Å²) < 4.78 is 0. The summed E-state index contributed by atoms with van der Waals surface area (Å²) in [4.78, 5) is 6.68. The first-order valence-corrected chi connectivity index (χ1v) is 6.49. The van der Waals surface area contributed by atoms with Gasteiger partial charge in [-0.2, -0.15) is 0 Å². The topological polar surface area (TPSA) is 16.1 Å². The van der Waals surface area contributed by atoms with Crippen LogP contribution in [-0.4, -0.2) is 35.4 Å². The molecule has 84 valence electrons. The summed E-state index contributed by atoms with van der Waals surface area (Å²) >= 11 is 3.50. The second-order valence-corrected chi connectivity index (χ2v) is 4.74. The average molecular weight is 271 g/mol. The fourth-order valence-corrected chi connectivity index (χ4v) is 1.73. The average Bonchev–Trinajstić information content (AvgIpc) is 2.27. The van der Waals surface area contributed by atoms with Crippen LogP contribution in [0.15, 0.2) is 24.4 Å². The molecule has 15 heavy (non-hydrogen) atoms. The van der Waals surface area contributed by atoms with Crippen molar-refractivity contribution in [1.29, 1.82) is 0 Å². The largest absolute Gasteiger partial charge is 0.306 e. The van der Waals surface area contributed by atoms with Crippen molar-refractivity contribution in [3.05, 3.63) is 30.1 Å². The van der Waals surface area contributed by atoms with Gasteiger partial charge in [-0.25, -0.2) is 0 Å². The zero-order chi connectivity index (χ0) is 11.1. The maximum Gasteiger partial charge on any atom is 0.0416 e. The number of halogens is 1. The highest BCUT2D eigenvalue weighted by molar-refractivity contribution is 9.09. The predicted octanol–water partition coefficient (Wildman–Crippen LogP) is 2.59. The molecule has 0 amide bonds. The van der Waals surface area contributed by atoms with Gasteiger partial charge in [-0.3, -0.25) is 4.98 Å². The first-order chi connectivity index (χ1) is 7.22. The summed E-state index contributed by atoms with van der Waals surface area (Å²) in [7, 11) is 2.17. The molecule has 0 aliphatic heterocycles. The van der Waals surface area contributed by atoms with Gasteiger partial charge in [0.2, 0.25) is 0 Å². The van der Waals surface area contributed by atoms with Crippen molar-refractivity contribution in [3.63, 3.8) is 0 Å².